The van der Waals surface area contributed by atoms with E-state index in [9.17, 15) is 4.79 Å². The Balaban J connectivity index is 1.58. The number of carbonyl (C=O) groups excluding carboxylic acids is 1. The monoisotopic (exact) mass is 338 g/mol. The fraction of sp³-hybridized carbons (Fsp3) is 0.278. The molecule has 0 bridgehead atoms. The molecule has 122 valence electrons. The van der Waals surface area contributed by atoms with Crippen LogP contribution in [0.15, 0.2) is 53.8 Å². The summed E-state index contributed by atoms with van der Waals surface area (Å²) in [7, 11) is 0. The van der Waals surface area contributed by atoms with Crippen LogP contribution in [-0.4, -0.2) is 31.8 Å². The number of pyridine rings is 1. The van der Waals surface area contributed by atoms with Gasteiger partial charge in [-0.15, -0.1) is 10.2 Å². The third-order valence-corrected chi connectivity index (χ3v) is 5.40. The molecular weight excluding hydrogens is 320 g/mol. The third-order valence-electron chi connectivity index (χ3n) is 4.36. The third kappa shape index (κ3) is 2.47. The summed E-state index contributed by atoms with van der Waals surface area (Å²) >= 11 is 1.45. The van der Waals surface area contributed by atoms with E-state index < -0.39 is 0 Å². The van der Waals surface area contributed by atoms with E-state index in [-0.39, 0.29) is 17.2 Å². The van der Waals surface area contributed by atoms with Gasteiger partial charge in [0.2, 0.25) is 5.91 Å². The van der Waals surface area contributed by atoms with Crippen LogP contribution < -0.4 is 4.90 Å². The number of aromatic nitrogens is 3. The highest BCUT2D eigenvalue weighted by atomic mass is 32.2. The quantitative estimate of drug-likeness (QED) is 0.688. The topological polar surface area (TPSA) is 50.5 Å². The van der Waals surface area contributed by atoms with Gasteiger partial charge in [-0.1, -0.05) is 36.0 Å². The zero-order chi connectivity index (χ0) is 16.7. The first-order valence-corrected chi connectivity index (χ1v) is 8.90. The molecule has 0 N–H and O–H groups in total. The number of benzene rings is 1. The van der Waals surface area contributed by atoms with E-state index in [1.807, 2.05) is 58.8 Å². The summed E-state index contributed by atoms with van der Waals surface area (Å²) in [6.07, 6.45) is 2.83. The van der Waals surface area contributed by atoms with Crippen LogP contribution in [0.5, 0.6) is 0 Å². The smallest absolute Gasteiger partial charge is 0.240 e. The zero-order valence-corrected chi connectivity index (χ0v) is 14.4. The number of carbonyl (C=O) groups is 1. The Morgan fingerprint density at radius 1 is 1.21 bits per heavy atom. The molecule has 0 saturated carbocycles. The highest BCUT2D eigenvalue weighted by Gasteiger charge is 2.33. The fourth-order valence-electron chi connectivity index (χ4n) is 3.21. The number of thioether (sulfide) groups is 1. The molecule has 0 saturated heterocycles. The van der Waals surface area contributed by atoms with E-state index >= 15 is 0 Å². The van der Waals surface area contributed by atoms with Crippen LogP contribution in [0.1, 0.15) is 19.4 Å². The molecule has 24 heavy (non-hydrogen) atoms. The second-order valence-electron chi connectivity index (χ2n) is 6.06. The highest BCUT2D eigenvalue weighted by molar-refractivity contribution is 8.00. The van der Waals surface area contributed by atoms with Crippen molar-refractivity contribution in [3.63, 3.8) is 0 Å². The molecule has 0 spiro atoms. The van der Waals surface area contributed by atoms with Crippen LogP contribution in [-0.2, 0) is 11.2 Å². The number of anilines is 1. The largest absolute Gasteiger partial charge is 0.308 e. The van der Waals surface area contributed by atoms with Crippen LogP contribution in [0.2, 0.25) is 0 Å². The number of para-hydroxylation sites is 1. The summed E-state index contributed by atoms with van der Waals surface area (Å²) in [6, 6.07) is 14.1. The normalized spacial score (nSPS) is 17.9. The molecule has 1 aromatic carbocycles. The second kappa shape index (κ2) is 5.94. The molecule has 2 atom stereocenters. The predicted octanol–water partition coefficient (Wildman–Crippen LogP) is 3.19. The van der Waals surface area contributed by atoms with E-state index in [1.165, 1.54) is 17.3 Å². The zero-order valence-electron chi connectivity index (χ0n) is 13.6. The van der Waals surface area contributed by atoms with Gasteiger partial charge in [0, 0.05) is 17.9 Å². The molecule has 1 amide bonds. The summed E-state index contributed by atoms with van der Waals surface area (Å²) in [5, 5.41) is 8.87. The first-order valence-electron chi connectivity index (χ1n) is 8.02. The molecule has 0 unspecified atom stereocenters. The van der Waals surface area contributed by atoms with E-state index in [4.69, 9.17) is 0 Å². The molecule has 0 radical (unpaired) electrons. The lowest BCUT2D eigenvalue weighted by molar-refractivity contribution is -0.118. The molecule has 1 aliphatic heterocycles. The first-order chi connectivity index (χ1) is 11.6. The van der Waals surface area contributed by atoms with Crippen molar-refractivity contribution in [2.75, 3.05) is 4.90 Å². The van der Waals surface area contributed by atoms with Crippen molar-refractivity contribution in [2.45, 2.75) is 36.7 Å². The number of nitrogens with zero attached hydrogens (tertiary/aromatic N) is 4. The summed E-state index contributed by atoms with van der Waals surface area (Å²) < 4.78 is 1.91. The first kappa shape index (κ1) is 15.2. The van der Waals surface area contributed by atoms with Gasteiger partial charge >= 0.3 is 0 Å². The van der Waals surface area contributed by atoms with Gasteiger partial charge in [0.15, 0.2) is 10.8 Å². The Labute approximate surface area is 144 Å². The summed E-state index contributed by atoms with van der Waals surface area (Å²) in [5.41, 5.74) is 3.07. The fourth-order valence-corrected chi connectivity index (χ4v) is 4.09. The number of fused-ring (bicyclic) bond motifs is 2. The Hall–Kier alpha value is -2.34. The minimum absolute atomic E-state index is 0.116. The molecule has 3 aromatic rings. The highest BCUT2D eigenvalue weighted by Crippen LogP contribution is 2.34. The van der Waals surface area contributed by atoms with Crippen LogP contribution in [0.4, 0.5) is 5.69 Å². The molecule has 1 aliphatic rings. The Morgan fingerprint density at radius 2 is 2.00 bits per heavy atom. The maximum absolute atomic E-state index is 13.0. The lowest BCUT2D eigenvalue weighted by atomic mass is 10.1. The van der Waals surface area contributed by atoms with E-state index in [1.54, 1.807) is 0 Å². The maximum Gasteiger partial charge on any atom is 0.240 e. The van der Waals surface area contributed by atoms with Crippen molar-refractivity contribution < 1.29 is 4.79 Å². The van der Waals surface area contributed by atoms with Gasteiger partial charge in [0.1, 0.15) is 0 Å². The summed E-state index contributed by atoms with van der Waals surface area (Å²) in [5.74, 6) is 0.116. The number of amides is 1. The lowest BCUT2D eigenvalue weighted by Crippen LogP contribution is -2.40. The van der Waals surface area contributed by atoms with Crippen molar-refractivity contribution in [2.24, 2.45) is 0 Å². The van der Waals surface area contributed by atoms with Crippen LogP contribution >= 0.6 is 11.8 Å². The Bertz CT molecular complexity index is 907. The molecular formula is C18H18N4OS. The minimum Gasteiger partial charge on any atom is -0.308 e. The number of rotatable bonds is 3. The van der Waals surface area contributed by atoms with Crippen molar-refractivity contribution in [1.29, 1.82) is 0 Å². The second-order valence-corrected chi connectivity index (χ2v) is 7.37. The van der Waals surface area contributed by atoms with E-state index in [0.29, 0.717) is 0 Å². The molecule has 3 heterocycles. The predicted molar refractivity (Wildman–Crippen MR) is 95.4 cm³/mol. The van der Waals surface area contributed by atoms with Crippen molar-refractivity contribution in [3.05, 3.63) is 54.2 Å². The van der Waals surface area contributed by atoms with Gasteiger partial charge in [-0.25, -0.2) is 0 Å². The molecule has 6 heteroatoms. The summed E-state index contributed by atoms with van der Waals surface area (Å²) in [4.78, 5) is 15.0. The van der Waals surface area contributed by atoms with Gasteiger partial charge in [0.25, 0.3) is 0 Å². The average molecular weight is 338 g/mol. The van der Waals surface area contributed by atoms with Gasteiger partial charge < -0.3 is 4.90 Å². The van der Waals surface area contributed by atoms with Gasteiger partial charge in [-0.3, -0.25) is 9.20 Å². The standard InChI is InChI=1S/C18H18N4OS/c1-12-11-14-7-3-4-8-15(14)22(12)17(23)13(2)24-18-20-19-16-9-5-6-10-21(16)18/h3-10,12-13H,11H2,1-2H3/t12-,13-/m1/s1. The molecule has 0 fully saturated rings. The Morgan fingerprint density at radius 3 is 2.88 bits per heavy atom. The Kier molecular flexibility index (Phi) is 3.76. The summed E-state index contributed by atoms with van der Waals surface area (Å²) in [6.45, 7) is 4.03. The number of hydrogen-bond acceptors (Lipinski definition) is 4. The average Bonchev–Trinajstić information content (AvgIpc) is 3.14. The van der Waals surface area contributed by atoms with Crippen molar-refractivity contribution in [3.8, 4) is 0 Å². The van der Waals surface area contributed by atoms with E-state index in [0.717, 1.165) is 22.9 Å². The van der Waals surface area contributed by atoms with Gasteiger partial charge in [-0.2, -0.15) is 0 Å². The SMILES string of the molecule is C[C@@H]1Cc2ccccc2N1C(=O)[C@@H](C)Sc1nnc2ccccn12. The van der Waals surface area contributed by atoms with Crippen LogP contribution in [0, 0.1) is 0 Å². The van der Waals surface area contributed by atoms with Gasteiger partial charge in [-0.05, 0) is 44.0 Å². The lowest BCUT2D eigenvalue weighted by Gasteiger charge is -2.25. The van der Waals surface area contributed by atoms with Crippen LogP contribution in [0.3, 0.4) is 0 Å². The van der Waals surface area contributed by atoms with Crippen molar-refractivity contribution >= 4 is 29.0 Å². The molecule has 5 nitrogen and oxygen atoms in total. The maximum atomic E-state index is 13.0. The molecule has 2 aromatic heterocycles. The van der Waals surface area contributed by atoms with Crippen molar-refractivity contribution in [1.82, 2.24) is 14.6 Å². The number of hydrogen-bond donors (Lipinski definition) is 0. The molecule has 0 aliphatic carbocycles. The molecule has 4 rings (SSSR count). The minimum atomic E-state index is -0.230. The van der Waals surface area contributed by atoms with Gasteiger partial charge in [0.05, 0.1) is 5.25 Å². The van der Waals surface area contributed by atoms with E-state index in [2.05, 4.69) is 23.2 Å². The van der Waals surface area contributed by atoms with Crippen LogP contribution in [0.25, 0.3) is 5.65 Å².